The number of carbonyl (C=O) groups is 2. The molecule has 1 heterocycles. The van der Waals surface area contributed by atoms with Gasteiger partial charge in [-0.15, -0.1) is 0 Å². The summed E-state index contributed by atoms with van der Waals surface area (Å²) in [6.07, 6.45) is 4.45. The van der Waals surface area contributed by atoms with Crippen LogP contribution in [0.5, 0.6) is 0 Å². The molecule has 0 unspecified atom stereocenters. The molecule has 0 fully saturated rings. The van der Waals surface area contributed by atoms with Crippen LogP contribution >= 0.6 is 0 Å². The number of nitro groups is 1. The Bertz CT molecular complexity index is 1130. The summed E-state index contributed by atoms with van der Waals surface area (Å²) in [5.74, 6) is -0.398. The van der Waals surface area contributed by atoms with Gasteiger partial charge >= 0.3 is 0 Å². The van der Waals surface area contributed by atoms with Gasteiger partial charge in [0.2, 0.25) is 5.91 Å². The van der Waals surface area contributed by atoms with Gasteiger partial charge in [-0.2, -0.15) is 0 Å². The number of aromatic nitrogens is 1. The molecule has 3 rings (SSSR count). The fraction of sp³-hybridized carbons (Fsp3) is 0.0455. The van der Waals surface area contributed by atoms with Gasteiger partial charge in [0.1, 0.15) is 5.82 Å². The Morgan fingerprint density at radius 2 is 1.77 bits per heavy atom. The fourth-order valence-corrected chi connectivity index (χ4v) is 2.62. The van der Waals surface area contributed by atoms with E-state index < -0.39 is 4.92 Å². The zero-order chi connectivity index (χ0) is 22.2. The third-order valence-corrected chi connectivity index (χ3v) is 4.30. The van der Waals surface area contributed by atoms with Crippen LogP contribution in [0.3, 0.4) is 0 Å². The minimum Gasteiger partial charge on any atom is -0.382 e. The van der Waals surface area contributed by atoms with Crippen molar-refractivity contribution in [3.05, 3.63) is 99.7 Å². The Morgan fingerprint density at radius 3 is 2.42 bits per heavy atom. The summed E-state index contributed by atoms with van der Waals surface area (Å²) in [4.78, 5) is 38.4. The van der Waals surface area contributed by atoms with Crippen molar-refractivity contribution in [2.24, 2.45) is 0 Å². The summed E-state index contributed by atoms with van der Waals surface area (Å²) in [6.45, 7) is 0.279. The highest BCUT2D eigenvalue weighted by molar-refractivity contribution is 6.05. The van der Waals surface area contributed by atoms with Crippen LogP contribution in [0, 0.1) is 10.1 Å². The maximum absolute atomic E-state index is 12.3. The topological polar surface area (TPSA) is 140 Å². The van der Waals surface area contributed by atoms with Gasteiger partial charge in [-0.05, 0) is 53.6 Å². The van der Waals surface area contributed by atoms with Crippen molar-refractivity contribution in [1.82, 2.24) is 10.3 Å². The largest absolute Gasteiger partial charge is 0.382 e. The summed E-state index contributed by atoms with van der Waals surface area (Å²) in [5, 5.41) is 16.1. The molecule has 1 aromatic heterocycles. The second-order valence-corrected chi connectivity index (χ2v) is 6.49. The fourth-order valence-electron chi connectivity index (χ4n) is 2.62. The predicted molar refractivity (Wildman–Crippen MR) is 117 cm³/mol. The first-order valence-electron chi connectivity index (χ1n) is 9.23. The molecule has 0 saturated heterocycles. The van der Waals surface area contributed by atoms with Gasteiger partial charge in [0, 0.05) is 36.5 Å². The standard InChI is InChI=1S/C22H19N5O4/c23-21-19(2-1-13-24-21)26-22(29)17-8-3-16(4-9-17)14-25-20(28)12-7-15-5-10-18(11-6-15)27(30)31/h1-13H,14H2,(H2,23,24)(H,25,28)(H,26,29). The number of nitrogen functional groups attached to an aromatic ring is 1. The lowest BCUT2D eigenvalue weighted by atomic mass is 10.1. The number of hydrogen-bond acceptors (Lipinski definition) is 6. The van der Waals surface area contributed by atoms with Crippen LogP contribution < -0.4 is 16.4 Å². The number of carbonyl (C=O) groups excluding carboxylic acids is 2. The molecule has 2 aromatic carbocycles. The van der Waals surface area contributed by atoms with E-state index in [4.69, 9.17) is 5.73 Å². The molecule has 31 heavy (non-hydrogen) atoms. The first-order valence-corrected chi connectivity index (χ1v) is 9.23. The van der Waals surface area contributed by atoms with Crippen LogP contribution in [0.1, 0.15) is 21.5 Å². The first kappa shape index (κ1) is 21.2. The first-order chi connectivity index (χ1) is 14.9. The predicted octanol–water partition coefficient (Wildman–Crippen LogP) is 3.15. The third kappa shape index (κ3) is 5.97. The van der Waals surface area contributed by atoms with Crippen LogP contribution in [-0.2, 0) is 11.3 Å². The van der Waals surface area contributed by atoms with Crippen molar-refractivity contribution < 1.29 is 14.5 Å². The lowest BCUT2D eigenvalue weighted by Crippen LogP contribution is -2.20. The van der Waals surface area contributed by atoms with E-state index in [1.807, 2.05) is 0 Å². The molecule has 3 aromatic rings. The minimum atomic E-state index is -0.483. The van der Waals surface area contributed by atoms with Gasteiger partial charge in [-0.3, -0.25) is 19.7 Å². The van der Waals surface area contributed by atoms with Crippen molar-refractivity contribution >= 4 is 35.1 Å². The molecule has 9 nitrogen and oxygen atoms in total. The zero-order valence-corrected chi connectivity index (χ0v) is 16.3. The summed E-state index contributed by atoms with van der Waals surface area (Å²) < 4.78 is 0. The number of hydrogen-bond donors (Lipinski definition) is 3. The lowest BCUT2D eigenvalue weighted by Gasteiger charge is -2.08. The van der Waals surface area contributed by atoms with Crippen LogP contribution in [-0.4, -0.2) is 21.7 Å². The number of pyridine rings is 1. The maximum Gasteiger partial charge on any atom is 0.269 e. The summed E-state index contributed by atoms with van der Waals surface area (Å²) in [6, 6.07) is 16.0. The normalized spacial score (nSPS) is 10.6. The molecule has 0 atom stereocenters. The molecule has 0 saturated carbocycles. The smallest absolute Gasteiger partial charge is 0.269 e. The number of nitro benzene ring substituents is 1. The van der Waals surface area contributed by atoms with Gasteiger partial charge in [0.05, 0.1) is 10.6 Å². The van der Waals surface area contributed by atoms with Crippen molar-refractivity contribution in [3.8, 4) is 0 Å². The number of non-ortho nitro benzene ring substituents is 1. The van der Waals surface area contributed by atoms with E-state index in [9.17, 15) is 19.7 Å². The van der Waals surface area contributed by atoms with Crippen molar-refractivity contribution in [1.29, 1.82) is 0 Å². The molecule has 4 N–H and O–H groups in total. The van der Waals surface area contributed by atoms with Crippen molar-refractivity contribution in [2.45, 2.75) is 6.54 Å². The number of amides is 2. The zero-order valence-electron chi connectivity index (χ0n) is 16.3. The summed E-state index contributed by atoms with van der Waals surface area (Å²) >= 11 is 0. The molecule has 0 aliphatic heterocycles. The average Bonchev–Trinajstić information content (AvgIpc) is 2.78. The monoisotopic (exact) mass is 417 g/mol. The summed E-state index contributed by atoms with van der Waals surface area (Å²) in [5.41, 5.74) is 8.07. The molecule has 0 aliphatic carbocycles. The molecular formula is C22H19N5O4. The number of rotatable bonds is 7. The summed E-state index contributed by atoms with van der Waals surface area (Å²) in [7, 11) is 0. The van der Waals surface area contributed by atoms with Gasteiger partial charge in [-0.1, -0.05) is 12.1 Å². The average molecular weight is 417 g/mol. The Hall–Kier alpha value is -4.53. The number of anilines is 2. The van der Waals surface area contributed by atoms with E-state index in [0.29, 0.717) is 16.8 Å². The lowest BCUT2D eigenvalue weighted by molar-refractivity contribution is -0.384. The van der Waals surface area contributed by atoms with E-state index in [2.05, 4.69) is 15.6 Å². The second kappa shape index (κ2) is 9.79. The molecule has 0 bridgehead atoms. The molecular weight excluding hydrogens is 398 g/mol. The highest BCUT2D eigenvalue weighted by Gasteiger charge is 2.08. The van der Waals surface area contributed by atoms with Gasteiger partial charge in [0.15, 0.2) is 0 Å². The van der Waals surface area contributed by atoms with Crippen molar-refractivity contribution in [3.63, 3.8) is 0 Å². The number of nitrogens with two attached hydrogens (primary N) is 1. The van der Waals surface area contributed by atoms with E-state index in [-0.39, 0.29) is 29.9 Å². The van der Waals surface area contributed by atoms with Crippen LogP contribution in [0.4, 0.5) is 17.2 Å². The number of nitrogens with zero attached hydrogens (tertiary/aromatic N) is 2. The minimum absolute atomic E-state index is 0.0115. The van der Waals surface area contributed by atoms with E-state index >= 15 is 0 Å². The molecule has 156 valence electrons. The van der Waals surface area contributed by atoms with E-state index in [1.165, 1.54) is 24.4 Å². The Morgan fingerprint density at radius 1 is 1.06 bits per heavy atom. The molecule has 0 spiro atoms. The molecule has 9 heteroatoms. The quantitative estimate of drug-likeness (QED) is 0.306. The third-order valence-electron chi connectivity index (χ3n) is 4.30. The second-order valence-electron chi connectivity index (χ2n) is 6.49. The highest BCUT2D eigenvalue weighted by atomic mass is 16.6. The number of nitrogens with one attached hydrogen (secondary N) is 2. The number of benzene rings is 2. The van der Waals surface area contributed by atoms with E-state index in [1.54, 1.807) is 54.6 Å². The van der Waals surface area contributed by atoms with E-state index in [0.717, 1.165) is 5.56 Å². The van der Waals surface area contributed by atoms with Crippen molar-refractivity contribution in [2.75, 3.05) is 11.1 Å². The van der Waals surface area contributed by atoms with Crippen LogP contribution in [0.25, 0.3) is 6.08 Å². The SMILES string of the molecule is Nc1ncccc1NC(=O)c1ccc(CNC(=O)C=Cc2ccc([N+](=O)[O-])cc2)cc1. The van der Waals surface area contributed by atoms with Gasteiger partial charge < -0.3 is 16.4 Å². The highest BCUT2D eigenvalue weighted by Crippen LogP contribution is 2.16. The Kier molecular flexibility index (Phi) is 6.69. The maximum atomic E-state index is 12.3. The van der Waals surface area contributed by atoms with Crippen LogP contribution in [0.15, 0.2) is 72.9 Å². The molecule has 0 radical (unpaired) electrons. The molecule has 0 aliphatic rings. The van der Waals surface area contributed by atoms with Gasteiger partial charge in [0.25, 0.3) is 11.6 Å². The van der Waals surface area contributed by atoms with Crippen LogP contribution in [0.2, 0.25) is 0 Å². The Balaban J connectivity index is 1.51. The Labute approximate surface area is 177 Å². The molecule has 2 amide bonds. The van der Waals surface area contributed by atoms with Gasteiger partial charge in [-0.25, -0.2) is 4.98 Å².